The monoisotopic (exact) mass is 345 g/mol. The van der Waals surface area contributed by atoms with Gasteiger partial charge in [-0.05, 0) is 24.3 Å². The number of hydrogen-bond acceptors (Lipinski definition) is 4. The molecule has 0 aliphatic carbocycles. The van der Waals surface area contributed by atoms with Gasteiger partial charge in [-0.3, -0.25) is 0 Å². The lowest BCUT2D eigenvalue weighted by atomic mass is 9.97. The van der Waals surface area contributed by atoms with Crippen LogP contribution in [0.25, 0.3) is 17.8 Å². The number of oxazole rings is 1. The van der Waals surface area contributed by atoms with Crippen molar-refractivity contribution in [1.29, 1.82) is 0 Å². The van der Waals surface area contributed by atoms with Crippen LogP contribution in [-0.2, 0) is 5.41 Å². The van der Waals surface area contributed by atoms with Gasteiger partial charge in [0.15, 0.2) is 5.89 Å². The van der Waals surface area contributed by atoms with Crippen molar-refractivity contribution in [2.45, 2.75) is 26.2 Å². The molecule has 0 radical (unpaired) electrons. The maximum absolute atomic E-state index is 9.98. The van der Waals surface area contributed by atoms with Crippen molar-refractivity contribution in [3.8, 4) is 11.6 Å². The summed E-state index contributed by atoms with van der Waals surface area (Å²) in [7, 11) is 0. The Morgan fingerprint density at radius 1 is 1.12 bits per heavy atom. The van der Waals surface area contributed by atoms with Gasteiger partial charge >= 0.3 is 0 Å². The first-order valence-electron chi connectivity index (χ1n) is 7.41. The highest BCUT2D eigenvalue weighted by Crippen LogP contribution is 2.23. The fourth-order valence-corrected chi connectivity index (χ4v) is 2.09. The van der Waals surface area contributed by atoms with Crippen molar-refractivity contribution in [3.05, 3.63) is 59.9 Å². The van der Waals surface area contributed by atoms with E-state index in [9.17, 15) is 5.11 Å². The summed E-state index contributed by atoms with van der Waals surface area (Å²) in [5.74, 6) is 0.658. The number of halogens is 1. The van der Waals surface area contributed by atoms with E-state index in [0.717, 1.165) is 5.69 Å². The van der Waals surface area contributed by atoms with Crippen molar-refractivity contribution >= 4 is 24.6 Å². The maximum Gasteiger partial charge on any atom is 0.238 e. The molecule has 0 fully saturated rings. The SMILES string of the molecule is CC(C)(C)c1nc(C=Cc2cn(-c3ccccc3)nc2O)co1.Cl. The maximum atomic E-state index is 9.98. The Morgan fingerprint density at radius 3 is 2.46 bits per heavy atom. The highest BCUT2D eigenvalue weighted by Gasteiger charge is 2.19. The molecular weight excluding hydrogens is 326 g/mol. The zero-order valence-electron chi connectivity index (χ0n) is 13.8. The van der Waals surface area contributed by atoms with Gasteiger partial charge < -0.3 is 9.52 Å². The van der Waals surface area contributed by atoms with Gasteiger partial charge in [0.05, 0.1) is 11.3 Å². The number of aromatic nitrogens is 3. The van der Waals surface area contributed by atoms with Crippen LogP contribution in [0.2, 0.25) is 0 Å². The molecule has 0 amide bonds. The zero-order valence-corrected chi connectivity index (χ0v) is 14.6. The molecule has 24 heavy (non-hydrogen) atoms. The van der Waals surface area contributed by atoms with Gasteiger partial charge in [0.25, 0.3) is 0 Å². The van der Waals surface area contributed by atoms with Crippen LogP contribution in [0.5, 0.6) is 5.88 Å². The van der Waals surface area contributed by atoms with E-state index in [0.29, 0.717) is 17.1 Å². The van der Waals surface area contributed by atoms with Gasteiger partial charge in [0.2, 0.25) is 5.88 Å². The van der Waals surface area contributed by atoms with Crippen LogP contribution in [0.4, 0.5) is 0 Å². The Balaban J connectivity index is 0.00000208. The summed E-state index contributed by atoms with van der Waals surface area (Å²) in [4.78, 5) is 4.43. The molecule has 0 saturated carbocycles. The molecule has 6 heteroatoms. The van der Waals surface area contributed by atoms with Crippen molar-refractivity contribution in [3.63, 3.8) is 0 Å². The molecule has 3 rings (SSSR count). The second-order valence-electron chi connectivity index (χ2n) is 6.35. The quantitative estimate of drug-likeness (QED) is 0.761. The van der Waals surface area contributed by atoms with Crippen LogP contribution >= 0.6 is 12.4 Å². The third kappa shape index (κ3) is 3.86. The van der Waals surface area contributed by atoms with Gasteiger partial charge in [-0.1, -0.05) is 39.0 Å². The molecule has 1 aromatic carbocycles. The molecule has 5 nitrogen and oxygen atoms in total. The molecule has 3 aromatic rings. The molecule has 2 heterocycles. The van der Waals surface area contributed by atoms with E-state index in [-0.39, 0.29) is 23.7 Å². The average Bonchev–Trinajstić information content (AvgIpc) is 3.12. The summed E-state index contributed by atoms with van der Waals surface area (Å²) in [6.45, 7) is 6.13. The van der Waals surface area contributed by atoms with Gasteiger partial charge in [0, 0.05) is 11.6 Å². The third-order valence-corrected chi connectivity index (χ3v) is 3.34. The summed E-state index contributed by atoms with van der Waals surface area (Å²) >= 11 is 0. The van der Waals surface area contributed by atoms with E-state index in [1.54, 1.807) is 29.3 Å². The van der Waals surface area contributed by atoms with Gasteiger partial charge in [-0.2, -0.15) is 0 Å². The third-order valence-electron chi connectivity index (χ3n) is 3.34. The van der Waals surface area contributed by atoms with Crippen LogP contribution in [0.1, 0.15) is 37.9 Å². The number of hydrogen-bond donors (Lipinski definition) is 1. The standard InChI is InChI=1S/C18H19N3O2.ClH/c1-18(2,3)17-19-14(12-23-17)10-9-13-11-21(20-16(13)22)15-7-5-4-6-8-15;/h4-12H,1-3H3,(H,20,22);1H. The topological polar surface area (TPSA) is 64.1 Å². The Morgan fingerprint density at radius 2 is 1.83 bits per heavy atom. The van der Waals surface area contributed by atoms with Gasteiger partial charge in [-0.25, -0.2) is 9.67 Å². The largest absolute Gasteiger partial charge is 0.492 e. The molecule has 0 saturated heterocycles. The second-order valence-corrected chi connectivity index (χ2v) is 6.35. The summed E-state index contributed by atoms with van der Waals surface area (Å²) in [6, 6.07) is 9.63. The molecule has 2 aromatic heterocycles. The first-order chi connectivity index (χ1) is 10.9. The summed E-state index contributed by atoms with van der Waals surface area (Å²) in [6.07, 6.45) is 6.94. The molecule has 1 N–H and O–H groups in total. The minimum Gasteiger partial charge on any atom is -0.492 e. The van der Waals surface area contributed by atoms with E-state index in [1.165, 1.54) is 0 Å². The molecule has 0 spiro atoms. The molecule has 0 unspecified atom stereocenters. The molecule has 0 aliphatic heterocycles. The van der Waals surface area contributed by atoms with Gasteiger partial charge in [-0.15, -0.1) is 17.5 Å². The van der Waals surface area contributed by atoms with Crippen molar-refractivity contribution in [2.75, 3.05) is 0 Å². The van der Waals surface area contributed by atoms with E-state index in [1.807, 2.05) is 51.1 Å². The summed E-state index contributed by atoms with van der Waals surface area (Å²) in [5, 5.41) is 14.1. The van der Waals surface area contributed by atoms with Gasteiger partial charge in [0.1, 0.15) is 12.0 Å². The lowest BCUT2D eigenvalue weighted by Crippen LogP contribution is -2.11. The Labute approximate surface area is 147 Å². The normalized spacial score (nSPS) is 11.6. The van der Waals surface area contributed by atoms with E-state index in [2.05, 4.69) is 10.1 Å². The summed E-state index contributed by atoms with van der Waals surface area (Å²) in [5.41, 5.74) is 2.08. The molecule has 0 aliphatic rings. The average molecular weight is 346 g/mol. The van der Waals surface area contributed by atoms with E-state index >= 15 is 0 Å². The first kappa shape index (κ1) is 17.8. The number of aromatic hydroxyl groups is 1. The molecule has 0 atom stereocenters. The predicted molar refractivity (Wildman–Crippen MR) is 96.6 cm³/mol. The fraction of sp³-hybridized carbons (Fsp3) is 0.222. The Kier molecular flexibility index (Phi) is 5.14. The smallest absolute Gasteiger partial charge is 0.238 e. The first-order valence-corrected chi connectivity index (χ1v) is 7.41. The number of nitrogens with zero attached hydrogens (tertiary/aromatic N) is 3. The van der Waals surface area contributed by atoms with Crippen LogP contribution in [0.15, 0.2) is 47.2 Å². The predicted octanol–water partition coefficient (Wildman–Crippen LogP) is 4.46. The van der Waals surface area contributed by atoms with Crippen LogP contribution in [0, 0.1) is 0 Å². The van der Waals surface area contributed by atoms with E-state index in [4.69, 9.17) is 4.42 Å². The van der Waals surface area contributed by atoms with Crippen LogP contribution < -0.4 is 0 Å². The Hall–Kier alpha value is -2.53. The number of para-hydroxylation sites is 1. The van der Waals surface area contributed by atoms with Crippen molar-refractivity contribution in [2.24, 2.45) is 0 Å². The molecule has 126 valence electrons. The fourth-order valence-electron chi connectivity index (χ4n) is 2.09. The molecule has 0 bridgehead atoms. The minimum atomic E-state index is -0.133. The van der Waals surface area contributed by atoms with Crippen LogP contribution in [0.3, 0.4) is 0 Å². The van der Waals surface area contributed by atoms with Crippen molar-refractivity contribution in [1.82, 2.24) is 14.8 Å². The highest BCUT2D eigenvalue weighted by atomic mass is 35.5. The number of benzene rings is 1. The highest BCUT2D eigenvalue weighted by molar-refractivity contribution is 5.85. The van der Waals surface area contributed by atoms with Crippen molar-refractivity contribution < 1.29 is 9.52 Å². The second kappa shape index (κ2) is 6.93. The lowest BCUT2D eigenvalue weighted by Gasteiger charge is -2.11. The van der Waals surface area contributed by atoms with E-state index < -0.39 is 0 Å². The number of rotatable bonds is 3. The Bertz CT molecular complexity index is 830. The minimum absolute atomic E-state index is 0. The van der Waals surface area contributed by atoms with Crippen LogP contribution in [-0.4, -0.2) is 19.9 Å². The summed E-state index contributed by atoms with van der Waals surface area (Å²) < 4.78 is 7.11. The zero-order chi connectivity index (χ0) is 16.4. The lowest BCUT2D eigenvalue weighted by molar-refractivity contribution is 0.392. The molecular formula is C18H20ClN3O2.